The highest BCUT2D eigenvalue weighted by Gasteiger charge is 2.31. The Morgan fingerprint density at radius 3 is 2.38 bits per heavy atom. The molecule has 21 heavy (non-hydrogen) atoms. The van der Waals surface area contributed by atoms with Gasteiger partial charge >= 0.3 is 5.00 Å². The first-order valence-corrected chi connectivity index (χ1v) is 8.79. The normalized spacial score (nSPS) is 12.6. The number of nitrogens with zero attached hydrogens (tertiary/aromatic N) is 4. The largest absolute Gasteiger partial charge is 0.324 e. The van der Waals surface area contributed by atoms with Crippen LogP contribution in [-0.2, 0) is 14.6 Å². The molecule has 0 atom stereocenters. The van der Waals surface area contributed by atoms with E-state index in [4.69, 9.17) is 10.7 Å². The molecule has 0 amide bonds. The molecule has 11 heteroatoms. The van der Waals surface area contributed by atoms with Crippen molar-refractivity contribution in [2.45, 2.75) is 31.5 Å². The molecule has 114 valence electrons. The fourth-order valence-electron chi connectivity index (χ4n) is 1.74. The van der Waals surface area contributed by atoms with Gasteiger partial charge in [0, 0.05) is 22.3 Å². The van der Waals surface area contributed by atoms with Crippen molar-refractivity contribution < 1.29 is 13.3 Å². The van der Waals surface area contributed by atoms with Crippen LogP contribution in [0.25, 0.3) is 10.7 Å². The third-order valence-electron chi connectivity index (χ3n) is 2.51. The molecule has 2 heterocycles. The van der Waals surface area contributed by atoms with Crippen molar-refractivity contribution in [3.8, 4) is 10.7 Å². The van der Waals surface area contributed by atoms with Crippen molar-refractivity contribution in [2.24, 2.45) is 0 Å². The standard InChI is InChI=1S/C10H11ClN4O4S2/c1-10(2,3)14-8(12-13-9(14)21(11,18)19)6-4-5-7(20-6)15(16)17/h4-5H,1-3H3. The number of nitro groups is 1. The van der Waals surface area contributed by atoms with E-state index in [1.54, 1.807) is 20.8 Å². The summed E-state index contributed by atoms with van der Waals surface area (Å²) in [6.45, 7) is 5.27. The quantitative estimate of drug-likeness (QED) is 0.478. The van der Waals surface area contributed by atoms with Gasteiger partial charge < -0.3 is 0 Å². The highest BCUT2D eigenvalue weighted by Crippen LogP contribution is 2.35. The summed E-state index contributed by atoms with van der Waals surface area (Å²) in [7, 11) is 1.29. The fourth-order valence-corrected chi connectivity index (χ4v) is 3.55. The van der Waals surface area contributed by atoms with Gasteiger partial charge in [-0.25, -0.2) is 8.42 Å². The van der Waals surface area contributed by atoms with E-state index in [2.05, 4.69) is 10.2 Å². The Morgan fingerprint density at radius 2 is 1.95 bits per heavy atom. The number of rotatable bonds is 3. The van der Waals surface area contributed by atoms with E-state index in [0.29, 0.717) is 4.88 Å². The molecular weight excluding hydrogens is 340 g/mol. The smallest absolute Gasteiger partial charge is 0.291 e. The summed E-state index contributed by atoms with van der Waals surface area (Å²) in [5, 5.41) is 17.7. The molecule has 0 saturated heterocycles. The third kappa shape index (κ3) is 3.06. The molecule has 0 aliphatic carbocycles. The molecule has 8 nitrogen and oxygen atoms in total. The van der Waals surface area contributed by atoms with Crippen LogP contribution in [0.1, 0.15) is 20.8 Å². The highest BCUT2D eigenvalue weighted by molar-refractivity contribution is 8.13. The van der Waals surface area contributed by atoms with E-state index in [-0.39, 0.29) is 16.0 Å². The molecule has 2 aromatic heterocycles. The second-order valence-electron chi connectivity index (χ2n) is 5.15. The van der Waals surface area contributed by atoms with Crippen LogP contribution in [0.3, 0.4) is 0 Å². The first-order chi connectivity index (χ1) is 9.51. The van der Waals surface area contributed by atoms with Gasteiger partial charge in [0.05, 0.1) is 9.80 Å². The molecule has 0 aliphatic rings. The van der Waals surface area contributed by atoms with Crippen LogP contribution in [-0.4, -0.2) is 28.1 Å². The predicted octanol–water partition coefficient (Wildman–Crippen LogP) is 2.60. The Morgan fingerprint density at radius 1 is 1.33 bits per heavy atom. The van der Waals surface area contributed by atoms with Gasteiger partial charge in [0.2, 0.25) is 0 Å². The van der Waals surface area contributed by atoms with Crippen molar-refractivity contribution >= 4 is 36.1 Å². The van der Waals surface area contributed by atoms with E-state index in [1.165, 1.54) is 16.7 Å². The van der Waals surface area contributed by atoms with Crippen LogP contribution >= 0.6 is 22.0 Å². The van der Waals surface area contributed by atoms with Crippen molar-refractivity contribution in [3.05, 3.63) is 22.2 Å². The number of hydrogen-bond acceptors (Lipinski definition) is 7. The summed E-state index contributed by atoms with van der Waals surface area (Å²) >= 11 is 0.888. The second kappa shape index (κ2) is 5.04. The zero-order valence-electron chi connectivity index (χ0n) is 11.3. The molecule has 0 aliphatic heterocycles. The summed E-state index contributed by atoms with van der Waals surface area (Å²) in [5.41, 5.74) is -0.672. The Hall–Kier alpha value is -1.52. The monoisotopic (exact) mass is 350 g/mol. The van der Waals surface area contributed by atoms with E-state index in [0.717, 1.165) is 11.3 Å². The Kier molecular flexibility index (Phi) is 3.80. The Labute approximate surface area is 129 Å². The van der Waals surface area contributed by atoms with Gasteiger partial charge in [-0.3, -0.25) is 14.7 Å². The van der Waals surface area contributed by atoms with Crippen LogP contribution in [0.15, 0.2) is 17.3 Å². The van der Waals surface area contributed by atoms with Gasteiger partial charge in [-0.2, -0.15) is 0 Å². The highest BCUT2D eigenvalue weighted by atomic mass is 35.7. The summed E-state index contributed by atoms with van der Waals surface area (Å²) in [6.07, 6.45) is 0. The van der Waals surface area contributed by atoms with Gasteiger partial charge in [0.1, 0.15) is 0 Å². The average molecular weight is 351 g/mol. The van der Waals surface area contributed by atoms with Crippen molar-refractivity contribution in [3.63, 3.8) is 0 Å². The van der Waals surface area contributed by atoms with Gasteiger partial charge in [-0.15, -0.1) is 10.2 Å². The van der Waals surface area contributed by atoms with Crippen LogP contribution in [0, 0.1) is 10.1 Å². The van der Waals surface area contributed by atoms with E-state index >= 15 is 0 Å². The van der Waals surface area contributed by atoms with Crippen LogP contribution in [0.4, 0.5) is 5.00 Å². The molecule has 0 saturated carbocycles. The van der Waals surface area contributed by atoms with Crippen LogP contribution < -0.4 is 0 Å². The maximum Gasteiger partial charge on any atom is 0.324 e. The van der Waals surface area contributed by atoms with Crippen molar-refractivity contribution in [1.82, 2.24) is 14.8 Å². The first kappa shape index (κ1) is 15.9. The maximum absolute atomic E-state index is 11.6. The van der Waals surface area contributed by atoms with Crippen molar-refractivity contribution in [1.29, 1.82) is 0 Å². The summed E-state index contributed by atoms with van der Waals surface area (Å²) in [5.74, 6) is 0.222. The minimum Gasteiger partial charge on any atom is -0.291 e. The molecule has 0 bridgehead atoms. The lowest BCUT2D eigenvalue weighted by atomic mass is 10.1. The van der Waals surface area contributed by atoms with Gasteiger partial charge in [0.15, 0.2) is 5.82 Å². The molecule has 0 fully saturated rings. The molecule has 0 N–H and O–H groups in total. The molecule has 2 aromatic rings. The lowest BCUT2D eigenvalue weighted by Gasteiger charge is -2.23. The number of halogens is 1. The number of hydrogen-bond donors (Lipinski definition) is 0. The Balaban J connectivity index is 2.70. The molecule has 2 rings (SSSR count). The van der Waals surface area contributed by atoms with Gasteiger partial charge in [0.25, 0.3) is 14.2 Å². The predicted molar refractivity (Wildman–Crippen MR) is 78.0 cm³/mol. The summed E-state index contributed by atoms with van der Waals surface area (Å²) in [6, 6.07) is 2.83. The SMILES string of the molecule is CC(C)(C)n1c(-c2ccc([N+](=O)[O-])s2)nnc1S(=O)(=O)Cl. The fraction of sp³-hybridized carbons (Fsp3) is 0.400. The number of aromatic nitrogens is 3. The van der Waals surface area contributed by atoms with E-state index < -0.39 is 19.5 Å². The van der Waals surface area contributed by atoms with Gasteiger partial charge in [-0.1, -0.05) is 11.3 Å². The topological polar surface area (TPSA) is 108 Å². The minimum atomic E-state index is -4.08. The summed E-state index contributed by atoms with van der Waals surface area (Å²) in [4.78, 5) is 10.7. The number of thiophene rings is 1. The molecule has 0 radical (unpaired) electrons. The zero-order chi connectivity index (χ0) is 16.0. The lowest BCUT2D eigenvalue weighted by molar-refractivity contribution is -0.380. The zero-order valence-corrected chi connectivity index (χ0v) is 13.7. The average Bonchev–Trinajstić information content (AvgIpc) is 2.93. The maximum atomic E-state index is 11.6. The molecule has 0 spiro atoms. The minimum absolute atomic E-state index is 0.0660. The van der Waals surface area contributed by atoms with Gasteiger partial charge in [-0.05, 0) is 26.8 Å². The van der Waals surface area contributed by atoms with Crippen LogP contribution in [0.2, 0.25) is 0 Å². The first-order valence-electron chi connectivity index (χ1n) is 5.67. The second-order valence-corrected chi connectivity index (χ2v) is 8.67. The summed E-state index contributed by atoms with van der Waals surface area (Å²) < 4.78 is 24.5. The lowest BCUT2D eigenvalue weighted by Crippen LogP contribution is -2.25. The molecule has 0 unspecified atom stereocenters. The van der Waals surface area contributed by atoms with Crippen LogP contribution in [0.5, 0.6) is 0 Å². The Bertz CT molecular complexity index is 803. The van der Waals surface area contributed by atoms with E-state index in [9.17, 15) is 18.5 Å². The molecule has 0 aromatic carbocycles. The molecular formula is C10H11ClN4O4S2. The van der Waals surface area contributed by atoms with Crippen molar-refractivity contribution in [2.75, 3.05) is 0 Å². The third-order valence-corrected chi connectivity index (χ3v) is 4.66. The van der Waals surface area contributed by atoms with E-state index in [1.807, 2.05) is 0 Å².